The molecule has 0 aliphatic rings. The molecule has 0 fully saturated rings. The molecule has 0 spiro atoms. The number of rotatable bonds is 42. The fourth-order valence-electron chi connectivity index (χ4n) is 8.11. The van der Waals surface area contributed by atoms with E-state index in [-0.39, 0.29) is 12.9 Å². The van der Waals surface area contributed by atoms with Gasteiger partial charge in [-0.1, -0.05) is 233 Å². The Morgan fingerprint density at radius 3 is 0.946 bits per heavy atom. The number of hydrogen-bond acceptors (Lipinski definition) is 4. The Hall–Kier alpha value is -1.14. The van der Waals surface area contributed by atoms with Crippen LogP contribution in [0.25, 0.3) is 0 Å². The molecule has 0 rings (SSSR count). The molecule has 6 nitrogen and oxygen atoms in total. The van der Waals surface area contributed by atoms with Crippen molar-refractivity contribution in [2.45, 2.75) is 278 Å². The molecule has 0 aliphatic heterocycles. The van der Waals surface area contributed by atoms with Crippen LogP contribution in [-0.2, 0) is 14.3 Å². The van der Waals surface area contributed by atoms with E-state index in [9.17, 15) is 0 Å². The molecular formula is C50H103NO5. The van der Waals surface area contributed by atoms with Crippen LogP contribution in [0.1, 0.15) is 266 Å². The van der Waals surface area contributed by atoms with Gasteiger partial charge in [0.25, 0.3) is 12.9 Å². The van der Waals surface area contributed by atoms with E-state index in [4.69, 9.17) is 24.5 Å². The smallest absolute Gasteiger partial charge is 0.290 e. The normalized spacial score (nSPS) is 11.4. The summed E-state index contributed by atoms with van der Waals surface area (Å²) in [6, 6.07) is 0.627. The van der Waals surface area contributed by atoms with Gasteiger partial charge in [0.05, 0.1) is 6.10 Å². The minimum Gasteiger partial charge on any atom is -0.483 e. The van der Waals surface area contributed by atoms with Gasteiger partial charge in [-0.15, -0.1) is 0 Å². The second-order valence-electron chi connectivity index (χ2n) is 17.5. The number of carbonyl (C=O) groups is 2. The number of hydrogen-bond donors (Lipinski definition) is 2. The summed E-state index contributed by atoms with van der Waals surface area (Å²) in [4.78, 5) is 19.2. The Kier molecular flexibility index (Phi) is 54.8. The Labute approximate surface area is 351 Å². The van der Waals surface area contributed by atoms with Crippen LogP contribution >= 0.6 is 0 Å². The number of carboxylic acid groups (broad SMARTS) is 2. The topological polar surface area (TPSA) is 87.1 Å². The fourth-order valence-corrected chi connectivity index (χ4v) is 8.11. The van der Waals surface area contributed by atoms with Crippen LogP contribution in [0.3, 0.4) is 0 Å². The molecule has 0 heterocycles. The maximum atomic E-state index is 8.36. The van der Waals surface area contributed by atoms with Crippen LogP contribution in [0, 0.1) is 11.8 Å². The number of ether oxygens (including phenoxy) is 1. The van der Waals surface area contributed by atoms with E-state index in [1.54, 1.807) is 0 Å². The minimum atomic E-state index is -0.250. The van der Waals surface area contributed by atoms with Crippen LogP contribution < -0.4 is 0 Å². The third kappa shape index (κ3) is 49.0. The molecule has 0 aliphatic carbocycles. The van der Waals surface area contributed by atoms with Crippen LogP contribution in [0.4, 0.5) is 0 Å². The highest BCUT2D eigenvalue weighted by Crippen LogP contribution is 2.26. The summed E-state index contributed by atoms with van der Waals surface area (Å²) in [6.45, 7) is 15.6. The largest absolute Gasteiger partial charge is 0.483 e. The van der Waals surface area contributed by atoms with Crippen molar-refractivity contribution >= 4 is 12.9 Å². The zero-order valence-corrected chi connectivity index (χ0v) is 39.2. The van der Waals surface area contributed by atoms with Crippen molar-refractivity contribution in [3.63, 3.8) is 0 Å². The average Bonchev–Trinajstić information content (AvgIpc) is 3.18. The molecule has 0 aromatic rings. The van der Waals surface area contributed by atoms with Crippen molar-refractivity contribution in [2.24, 2.45) is 11.8 Å². The maximum Gasteiger partial charge on any atom is 0.290 e. The summed E-state index contributed by atoms with van der Waals surface area (Å²) in [6.07, 6.45) is 50.4. The summed E-state index contributed by atoms with van der Waals surface area (Å²) in [5.41, 5.74) is 0. The molecule has 0 bridgehead atoms. The molecule has 338 valence electrons. The summed E-state index contributed by atoms with van der Waals surface area (Å²) in [7, 11) is 2.25. The first-order valence-corrected chi connectivity index (χ1v) is 24.8. The second-order valence-corrected chi connectivity index (χ2v) is 17.5. The summed E-state index contributed by atoms with van der Waals surface area (Å²) in [5, 5.41) is 13.8. The van der Waals surface area contributed by atoms with Crippen LogP contribution in [0.2, 0.25) is 0 Å². The van der Waals surface area contributed by atoms with E-state index in [0.29, 0.717) is 12.1 Å². The molecule has 0 saturated heterocycles. The van der Waals surface area contributed by atoms with Crippen LogP contribution in [0.5, 0.6) is 0 Å². The van der Waals surface area contributed by atoms with Crippen LogP contribution in [0.15, 0.2) is 0 Å². The predicted octanol–water partition coefficient (Wildman–Crippen LogP) is 16.1. The van der Waals surface area contributed by atoms with Crippen molar-refractivity contribution in [1.82, 2.24) is 4.90 Å². The molecule has 0 aromatic heterocycles. The predicted molar refractivity (Wildman–Crippen MR) is 246 cm³/mol. The number of nitrogens with zero attached hydrogens (tertiary/aromatic N) is 1. The van der Waals surface area contributed by atoms with E-state index in [0.717, 1.165) is 25.0 Å². The molecule has 6 heteroatoms. The average molecular weight is 798 g/mol. The van der Waals surface area contributed by atoms with E-state index in [2.05, 4.69) is 53.5 Å². The van der Waals surface area contributed by atoms with Crippen molar-refractivity contribution in [3.8, 4) is 0 Å². The van der Waals surface area contributed by atoms with E-state index < -0.39 is 0 Å². The van der Waals surface area contributed by atoms with Gasteiger partial charge in [-0.05, 0) is 52.0 Å². The van der Waals surface area contributed by atoms with Crippen molar-refractivity contribution in [2.75, 3.05) is 20.2 Å². The molecule has 0 radical (unpaired) electrons. The molecule has 56 heavy (non-hydrogen) atoms. The Morgan fingerprint density at radius 1 is 0.429 bits per heavy atom. The van der Waals surface area contributed by atoms with Crippen molar-refractivity contribution < 1.29 is 24.5 Å². The third-order valence-corrected chi connectivity index (χ3v) is 12.0. The lowest BCUT2D eigenvalue weighted by atomic mass is 9.90. The summed E-state index contributed by atoms with van der Waals surface area (Å²) < 4.78 is 6.55. The van der Waals surface area contributed by atoms with Gasteiger partial charge in [0.1, 0.15) is 0 Å². The zero-order chi connectivity index (χ0) is 42.2. The molecule has 0 saturated carbocycles. The van der Waals surface area contributed by atoms with Crippen molar-refractivity contribution in [3.05, 3.63) is 0 Å². The quantitative estimate of drug-likeness (QED) is 0.0472. The first kappa shape index (κ1) is 59.2. The monoisotopic (exact) mass is 798 g/mol. The van der Waals surface area contributed by atoms with Gasteiger partial charge < -0.3 is 19.8 Å². The lowest BCUT2D eigenvalue weighted by molar-refractivity contribution is -0.123. The first-order valence-electron chi connectivity index (χ1n) is 24.8. The van der Waals surface area contributed by atoms with E-state index in [1.807, 2.05) is 0 Å². The van der Waals surface area contributed by atoms with Gasteiger partial charge in [-0.25, -0.2) is 0 Å². The molecular weight excluding hydrogens is 695 g/mol. The lowest BCUT2D eigenvalue weighted by Gasteiger charge is -2.22. The van der Waals surface area contributed by atoms with Gasteiger partial charge in [0.2, 0.25) is 0 Å². The Morgan fingerprint density at radius 2 is 0.679 bits per heavy atom. The van der Waals surface area contributed by atoms with Gasteiger partial charge >= 0.3 is 0 Å². The van der Waals surface area contributed by atoms with Crippen LogP contribution in [-0.4, -0.2) is 60.4 Å². The van der Waals surface area contributed by atoms with Gasteiger partial charge in [-0.3, -0.25) is 9.59 Å². The second kappa shape index (κ2) is 51.9. The first-order chi connectivity index (χ1) is 27.3. The summed E-state index contributed by atoms with van der Waals surface area (Å²) >= 11 is 0. The maximum absolute atomic E-state index is 8.36. The van der Waals surface area contributed by atoms with E-state index in [1.165, 1.54) is 225 Å². The highest BCUT2D eigenvalue weighted by molar-refractivity contribution is 5.33. The molecule has 0 atom stereocenters. The lowest BCUT2D eigenvalue weighted by Crippen LogP contribution is -2.28. The van der Waals surface area contributed by atoms with Crippen molar-refractivity contribution in [1.29, 1.82) is 0 Å². The molecule has 0 unspecified atom stereocenters. The summed E-state index contributed by atoms with van der Waals surface area (Å²) in [5.74, 6) is 2.03. The molecule has 0 amide bonds. The highest BCUT2D eigenvalue weighted by atomic mass is 16.5. The van der Waals surface area contributed by atoms with Gasteiger partial charge in [0, 0.05) is 19.2 Å². The SMILES string of the molecule is CCCCCC(CCCCC)CCCCCCCCCC(CCCCCCCCCC(CCCCC)CCCCC)OCCCN(C)C(C)C.O=CO.O=CO. The van der Waals surface area contributed by atoms with E-state index >= 15 is 0 Å². The number of unbranched alkanes of at least 4 members (excludes halogenated alkanes) is 20. The Balaban J connectivity index is -0.00000437. The fraction of sp³-hybridized carbons (Fsp3) is 0.960. The minimum absolute atomic E-state index is 0.250. The van der Waals surface area contributed by atoms with Gasteiger partial charge in [-0.2, -0.15) is 0 Å². The Bertz CT molecular complexity index is 652. The van der Waals surface area contributed by atoms with Gasteiger partial charge in [0.15, 0.2) is 0 Å². The highest BCUT2D eigenvalue weighted by Gasteiger charge is 2.12. The third-order valence-electron chi connectivity index (χ3n) is 12.0. The molecule has 0 aromatic carbocycles. The standard InChI is InChI=1S/C48H99NO.2CH2O2/c1-8-12-26-35-46(36-27-13-9-2)39-30-22-18-16-20-24-32-41-48(50-44-34-43-49(7)45(5)6)42-33-25-21-17-19-23-31-40-47(37-28-14-10-3)38-29-15-11-4;2*2-1-3/h45-48H,8-44H2,1-7H3;2*1H,(H,2,3). The molecule has 2 N–H and O–H groups in total. The zero-order valence-electron chi connectivity index (χ0n) is 39.2.